The third-order valence-corrected chi connectivity index (χ3v) is 3.05. The molecule has 2 heterocycles. The predicted molar refractivity (Wildman–Crippen MR) is 51.3 cm³/mol. The summed E-state index contributed by atoms with van der Waals surface area (Å²) in [5, 5.41) is 3.33. The number of rotatable bonds is 2. The number of nitrogens with one attached hydrogen (secondary N) is 1. The fraction of sp³-hybridized carbons (Fsp3) is 0.900. The van der Waals surface area contributed by atoms with Gasteiger partial charge in [-0.2, -0.15) is 0 Å². The van der Waals surface area contributed by atoms with Gasteiger partial charge in [-0.05, 0) is 31.3 Å². The van der Waals surface area contributed by atoms with E-state index in [4.69, 9.17) is 0 Å². The maximum Gasteiger partial charge on any atom is 0.222 e. The summed E-state index contributed by atoms with van der Waals surface area (Å²) in [5.74, 6) is 1.63. The van der Waals surface area contributed by atoms with Gasteiger partial charge in [-0.15, -0.1) is 0 Å². The highest BCUT2D eigenvalue weighted by molar-refractivity contribution is 5.78. The molecule has 3 heteroatoms. The highest BCUT2D eigenvalue weighted by Gasteiger charge is 2.28. The minimum absolute atomic E-state index is 0.361. The lowest BCUT2D eigenvalue weighted by Gasteiger charge is -2.19. The molecule has 0 aliphatic carbocycles. The molecule has 0 spiro atoms. The van der Waals surface area contributed by atoms with Crippen LogP contribution in [0.15, 0.2) is 0 Å². The quantitative estimate of drug-likeness (QED) is 0.673. The molecule has 1 N–H and O–H groups in total. The summed E-state index contributed by atoms with van der Waals surface area (Å²) in [7, 11) is 0. The van der Waals surface area contributed by atoms with Crippen molar-refractivity contribution in [1.29, 1.82) is 0 Å². The Labute approximate surface area is 79.5 Å². The minimum Gasteiger partial charge on any atom is -0.342 e. The van der Waals surface area contributed by atoms with Crippen LogP contribution >= 0.6 is 0 Å². The smallest absolute Gasteiger partial charge is 0.222 e. The normalized spacial score (nSPS) is 34.5. The van der Waals surface area contributed by atoms with E-state index in [9.17, 15) is 4.79 Å². The van der Waals surface area contributed by atoms with Gasteiger partial charge in [-0.3, -0.25) is 4.79 Å². The van der Waals surface area contributed by atoms with Crippen molar-refractivity contribution in [3.63, 3.8) is 0 Å². The third kappa shape index (κ3) is 2.02. The highest BCUT2D eigenvalue weighted by atomic mass is 16.2. The minimum atomic E-state index is 0.361. The lowest BCUT2D eigenvalue weighted by molar-refractivity contribution is -0.128. The lowest BCUT2D eigenvalue weighted by Crippen LogP contribution is -2.31. The molecule has 2 aliphatic rings. The molecule has 3 nitrogen and oxygen atoms in total. The van der Waals surface area contributed by atoms with E-state index >= 15 is 0 Å². The van der Waals surface area contributed by atoms with Crippen LogP contribution in [0, 0.1) is 11.8 Å². The van der Waals surface area contributed by atoms with Crippen LogP contribution in [0.25, 0.3) is 0 Å². The van der Waals surface area contributed by atoms with Gasteiger partial charge in [0.2, 0.25) is 5.91 Å². The zero-order chi connectivity index (χ0) is 9.26. The number of hydrogen-bond donors (Lipinski definition) is 1. The van der Waals surface area contributed by atoms with Crippen molar-refractivity contribution in [2.24, 2.45) is 11.8 Å². The Hall–Kier alpha value is -0.570. The van der Waals surface area contributed by atoms with Crippen molar-refractivity contribution in [3.8, 4) is 0 Å². The van der Waals surface area contributed by atoms with E-state index < -0.39 is 0 Å². The van der Waals surface area contributed by atoms with E-state index in [0.717, 1.165) is 32.6 Å². The number of likely N-dealkylation sites (tertiary alicyclic amines) is 1. The fourth-order valence-electron chi connectivity index (χ4n) is 2.33. The van der Waals surface area contributed by atoms with Crippen LogP contribution in [0.5, 0.6) is 0 Å². The molecule has 2 fully saturated rings. The molecule has 2 saturated heterocycles. The predicted octanol–water partition coefficient (Wildman–Crippen LogP) is 0.464. The van der Waals surface area contributed by atoms with Gasteiger partial charge in [0.25, 0.3) is 0 Å². The van der Waals surface area contributed by atoms with Crippen molar-refractivity contribution >= 4 is 5.91 Å². The molecular weight excluding hydrogens is 164 g/mol. The molecule has 0 aromatic heterocycles. The van der Waals surface area contributed by atoms with E-state index in [1.807, 2.05) is 4.90 Å². The number of carbonyl (C=O) groups is 1. The fourth-order valence-corrected chi connectivity index (χ4v) is 2.33. The second-order valence-electron chi connectivity index (χ2n) is 4.47. The van der Waals surface area contributed by atoms with Gasteiger partial charge in [0.1, 0.15) is 0 Å². The van der Waals surface area contributed by atoms with E-state index in [0.29, 0.717) is 17.7 Å². The molecule has 0 saturated carbocycles. The standard InChI is InChI=1S/C10H18N2O/c1-8-4-10(13)12(6-8)7-9-2-3-11-5-9/h8-9,11H,2-7H2,1H3. The van der Waals surface area contributed by atoms with Crippen LogP contribution in [0.1, 0.15) is 19.8 Å². The summed E-state index contributed by atoms with van der Waals surface area (Å²) in [4.78, 5) is 13.5. The Kier molecular flexibility index (Phi) is 2.54. The van der Waals surface area contributed by atoms with Gasteiger partial charge < -0.3 is 10.2 Å². The maximum absolute atomic E-state index is 11.5. The van der Waals surface area contributed by atoms with Crippen molar-refractivity contribution in [2.75, 3.05) is 26.2 Å². The van der Waals surface area contributed by atoms with Gasteiger partial charge in [-0.1, -0.05) is 6.92 Å². The molecule has 2 aliphatic heterocycles. The molecule has 0 radical (unpaired) electrons. The molecular formula is C10H18N2O. The molecule has 0 aromatic carbocycles. The van der Waals surface area contributed by atoms with Crippen LogP contribution in [0.2, 0.25) is 0 Å². The van der Waals surface area contributed by atoms with Crippen molar-refractivity contribution in [2.45, 2.75) is 19.8 Å². The second-order valence-corrected chi connectivity index (χ2v) is 4.47. The van der Waals surface area contributed by atoms with Gasteiger partial charge in [-0.25, -0.2) is 0 Å². The summed E-state index contributed by atoms with van der Waals surface area (Å²) < 4.78 is 0. The van der Waals surface area contributed by atoms with Crippen LogP contribution < -0.4 is 5.32 Å². The Balaban J connectivity index is 1.83. The van der Waals surface area contributed by atoms with E-state index in [-0.39, 0.29) is 0 Å². The first-order valence-corrected chi connectivity index (χ1v) is 5.24. The molecule has 2 unspecified atom stereocenters. The van der Waals surface area contributed by atoms with E-state index in [2.05, 4.69) is 12.2 Å². The van der Waals surface area contributed by atoms with Crippen molar-refractivity contribution < 1.29 is 4.79 Å². The number of amides is 1. The average Bonchev–Trinajstić information content (AvgIpc) is 2.63. The van der Waals surface area contributed by atoms with Gasteiger partial charge >= 0.3 is 0 Å². The Morgan fingerprint density at radius 3 is 3.00 bits per heavy atom. The van der Waals surface area contributed by atoms with Gasteiger partial charge in [0, 0.05) is 19.5 Å². The summed E-state index contributed by atoms with van der Waals surface area (Å²) in [6, 6.07) is 0. The number of nitrogens with zero attached hydrogens (tertiary/aromatic N) is 1. The molecule has 74 valence electrons. The first kappa shape index (κ1) is 9.00. The van der Waals surface area contributed by atoms with Crippen LogP contribution in [-0.4, -0.2) is 37.0 Å². The molecule has 0 bridgehead atoms. The Bertz CT molecular complexity index is 199. The average molecular weight is 182 g/mol. The van der Waals surface area contributed by atoms with Crippen LogP contribution in [0.4, 0.5) is 0 Å². The summed E-state index contributed by atoms with van der Waals surface area (Å²) in [5.41, 5.74) is 0. The Morgan fingerprint density at radius 2 is 2.46 bits per heavy atom. The molecule has 13 heavy (non-hydrogen) atoms. The second kappa shape index (κ2) is 3.66. The third-order valence-electron chi connectivity index (χ3n) is 3.05. The topological polar surface area (TPSA) is 32.3 Å². The number of hydrogen-bond acceptors (Lipinski definition) is 2. The lowest BCUT2D eigenvalue weighted by atomic mass is 10.1. The summed E-state index contributed by atoms with van der Waals surface area (Å²) in [6.45, 7) is 6.34. The first-order valence-electron chi connectivity index (χ1n) is 5.24. The molecule has 2 atom stereocenters. The van der Waals surface area contributed by atoms with Gasteiger partial charge in [0.15, 0.2) is 0 Å². The first-order chi connectivity index (χ1) is 6.25. The highest BCUT2D eigenvalue weighted by Crippen LogP contribution is 2.19. The zero-order valence-electron chi connectivity index (χ0n) is 8.25. The summed E-state index contributed by atoms with van der Waals surface area (Å²) >= 11 is 0. The molecule has 2 rings (SSSR count). The van der Waals surface area contributed by atoms with E-state index in [1.54, 1.807) is 0 Å². The molecule has 0 aromatic rings. The van der Waals surface area contributed by atoms with Crippen LogP contribution in [0.3, 0.4) is 0 Å². The largest absolute Gasteiger partial charge is 0.342 e. The Morgan fingerprint density at radius 1 is 1.62 bits per heavy atom. The maximum atomic E-state index is 11.5. The van der Waals surface area contributed by atoms with Crippen molar-refractivity contribution in [1.82, 2.24) is 10.2 Å². The van der Waals surface area contributed by atoms with Crippen molar-refractivity contribution in [3.05, 3.63) is 0 Å². The SMILES string of the molecule is CC1CC(=O)N(CC2CCNC2)C1. The number of carbonyl (C=O) groups excluding carboxylic acids is 1. The zero-order valence-corrected chi connectivity index (χ0v) is 8.25. The summed E-state index contributed by atoms with van der Waals surface area (Å²) in [6.07, 6.45) is 2.00. The van der Waals surface area contributed by atoms with Gasteiger partial charge in [0.05, 0.1) is 0 Å². The van der Waals surface area contributed by atoms with E-state index in [1.165, 1.54) is 6.42 Å². The van der Waals surface area contributed by atoms with Crippen LogP contribution in [-0.2, 0) is 4.79 Å². The monoisotopic (exact) mass is 182 g/mol. The molecule has 1 amide bonds.